The van der Waals surface area contributed by atoms with Gasteiger partial charge in [-0.3, -0.25) is 9.59 Å². The number of aliphatic hydroxyl groups is 2. The van der Waals surface area contributed by atoms with E-state index < -0.39 is 18.2 Å². The maximum atomic E-state index is 13.2. The average Bonchev–Trinajstić information content (AvgIpc) is 3.29. The highest BCUT2D eigenvalue weighted by Crippen LogP contribution is 2.17. The number of carbonyl (C=O) groups excluding carboxylic acids is 2. The molecule has 3 unspecified atom stereocenters. The topological polar surface area (TPSA) is 95.9 Å². The first-order valence-electron chi connectivity index (χ1n) is 27.2. The first-order valence-corrected chi connectivity index (χ1v) is 27.2. The number of esters is 1. The minimum absolute atomic E-state index is 0.0470. The molecule has 0 aliphatic carbocycles. The third-order valence-electron chi connectivity index (χ3n) is 12.0. The van der Waals surface area contributed by atoms with Crippen molar-refractivity contribution in [3.63, 3.8) is 0 Å². The second-order valence-electron chi connectivity index (χ2n) is 18.3. The molecule has 0 saturated carbocycles. The molecule has 6 nitrogen and oxygen atoms in total. The van der Waals surface area contributed by atoms with E-state index in [1.165, 1.54) is 141 Å². The number of rotatable bonds is 48. The zero-order valence-corrected chi connectivity index (χ0v) is 42.1. The summed E-state index contributed by atoms with van der Waals surface area (Å²) in [4.78, 5) is 26.1. The lowest BCUT2D eigenvalue weighted by atomic mass is 10.0. The van der Waals surface area contributed by atoms with Crippen molar-refractivity contribution in [3.8, 4) is 0 Å². The largest absolute Gasteiger partial charge is 0.458 e. The molecule has 0 aromatic carbocycles. The Morgan fingerprint density at radius 1 is 0.469 bits per heavy atom. The van der Waals surface area contributed by atoms with Crippen LogP contribution in [0.5, 0.6) is 0 Å². The van der Waals surface area contributed by atoms with Crippen LogP contribution < -0.4 is 5.32 Å². The molecule has 0 radical (unpaired) electrons. The summed E-state index contributed by atoms with van der Waals surface area (Å²) in [7, 11) is 0. The number of hydrogen-bond acceptors (Lipinski definition) is 5. The van der Waals surface area contributed by atoms with E-state index in [1.54, 1.807) is 6.08 Å². The molecule has 0 heterocycles. The fourth-order valence-corrected chi connectivity index (χ4v) is 7.96. The summed E-state index contributed by atoms with van der Waals surface area (Å²) in [5.74, 6) is -0.626. The molecule has 370 valence electrons. The predicted molar refractivity (Wildman–Crippen MR) is 278 cm³/mol. The van der Waals surface area contributed by atoms with Gasteiger partial charge in [-0.2, -0.15) is 0 Å². The van der Waals surface area contributed by atoms with Gasteiger partial charge in [0.1, 0.15) is 6.10 Å². The van der Waals surface area contributed by atoms with E-state index in [0.29, 0.717) is 19.3 Å². The second kappa shape index (κ2) is 51.3. The van der Waals surface area contributed by atoms with E-state index in [2.05, 4.69) is 86.8 Å². The van der Waals surface area contributed by atoms with Crippen LogP contribution in [0.2, 0.25) is 0 Å². The van der Waals surface area contributed by atoms with Crippen LogP contribution in [0.3, 0.4) is 0 Å². The van der Waals surface area contributed by atoms with Crippen molar-refractivity contribution in [2.24, 2.45) is 0 Å². The van der Waals surface area contributed by atoms with Crippen molar-refractivity contribution in [3.05, 3.63) is 72.9 Å². The molecule has 0 bridgehead atoms. The molecule has 6 heteroatoms. The van der Waals surface area contributed by atoms with E-state index >= 15 is 0 Å². The van der Waals surface area contributed by atoms with Crippen LogP contribution >= 0.6 is 0 Å². The van der Waals surface area contributed by atoms with Crippen molar-refractivity contribution in [1.82, 2.24) is 5.32 Å². The van der Waals surface area contributed by atoms with Crippen LogP contribution in [-0.2, 0) is 14.3 Å². The number of hydrogen-bond donors (Lipinski definition) is 3. The van der Waals surface area contributed by atoms with E-state index in [9.17, 15) is 19.8 Å². The minimum Gasteiger partial charge on any atom is -0.458 e. The summed E-state index contributed by atoms with van der Waals surface area (Å²) in [6.07, 6.45) is 65.7. The Bertz CT molecular complexity index is 1190. The standard InChI is InChI=1S/C58H103NO5/c1-4-7-10-13-16-19-22-25-27-29-30-32-34-37-40-43-46-49-54(64-58(63)51-48-45-42-39-36-24-21-18-15-12-9-6-3)52-57(62)59-55(53-60)56(61)50-47-44-41-38-35-33-31-28-26-23-20-17-14-11-8-5-2/h7,10,16,19,25,27,30,32,37,40,46,49,54-56,60-61H,4-6,8-9,11-15,17-18,20-24,26,28-29,31,33-36,38-39,41-45,47-48,50-53H2,1-3H3,(H,59,62)/b10-7-,19-16-,27-25-,32-30-,40-37-,49-46-. The molecule has 3 atom stereocenters. The van der Waals surface area contributed by atoms with Crippen LogP contribution in [-0.4, -0.2) is 46.9 Å². The van der Waals surface area contributed by atoms with Crippen molar-refractivity contribution in [2.45, 2.75) is 277 Å². The summed E-state index contributed by atoms with van der Waals surface area (Å²) in [6.45, 7) is 6.34. The Morgan fingerprint density at radius 2 is 0.812 bits per heavy atom. The fourth-order valence-electron chi connectivity index (χ4n) is 7.96. The Morgan fingerprint density at radius 3 is 1.19 bits per heavy atom. The first kappa shape index (κ1) is 61.3. The lowest BCUT2D eigenvalue weighted by molar-refractivity contribution is -0.148. The van der Waals surface area contributed by atoms with E-state index in [-0.39, 0.29) is 24.9 Å². The average molecular weight is 894 g/mol. The molecule has 0 aromatic rings. The van der Waals surface area contributed by atoms with Gasteiger partial charge in [0.15, 0.2) is 0 Å². The lowest BCUT2D eigenvalue weighted by Gasteiger charge is -2.23. The molecular weight excluding hydrogens is 791 g/mol. The second-order valence-corrected chi connectivity index (χ2v) is 18.3. The number of unbranched alkanes of at least 4 members (excludes halogenated alkanes) is 26. The monoisotopic (exact) mass is 894 g/mol. The zero-order valence-electron chi connectivity index (χ0n) is 42.1. The van der Waals surface area contributed by atoms with E-state index in [4.69, 9.17) is 4.74 Å². The van der Waals surface area contributed by atoms with Crippen LogP contribution in [0, 0.1) is 0 Å². The van der Waals surface area contributed by atoms with Crippen LogP contribution in [0.25, 0.3) is 0 Å². The summed E-state index contributed by atoms with van der Waals surface area (Å²) < 4.78 is 5.83. The van der Waals surface area contributed by atoms with E-state index in [1.807, 2.05) is 6.08 Å². The maximum Gasteiger partial charge on any atom is 0.306 e. The third-order valence-corrected chi connectivity index (χ3v) is 12.0. The highest BCUT2D eigenvalue weighted by Gasteiger charge is 2.23. The van der Waals surface area contributed by atoms with Gasteiger partial charge in [0.25, 0.3) is 0 Å². The molecular formula is C58H103NO5. The molecule has 64 heavy (non-hydrogen) atoms. The number of carbonyl (C=O) groups is 2. The van der Waals surface area contributed by atoms with Gasteiger partial charge >= 0.3 is 5.97 Å². The number of ether oxygens (including phenoxy) is 1. The molecule has 0 aliphatic rings. The predicted octanol–water partition coefficient (Wildman–Crippen LogP) is 16.6. The molecule has 0 saturated heterocycles. The van der Waals surface area contributed by atoms with Crippen molar-refractivity contribution >= 4 is 11.9 Å². The molecule has 1 amide bonds. The van der Waals surface area contributed by atoms with Crippen LogP contribution in [0.4, 0.5) is 0 Å². The summed E-state index contributed by atoms with van der Waals surface area (Å²) in [5.41, 5.74) is 0. The Hall–Kier alpha value is -2.70. The fraction of sp³-hybridized carbons (Fsp3) is 0.759. The van der Waals surface area contributed by atoms with Crippen molar-refractivity contribution in [2.75, 3.05) is 6.61 Å². The zero-order chi connectivity index (χ0) is 46.7. The summed E-state index contributed by atoms with van der Waals surface area (Å²) in [6, 6.07) is -0.744. The van der Waals surface area contributed by atoms with E-state index in [0.717, 1.165) is 70.6 Å². The Kier molecular flexibility index (Phi) is 49.1. The molecule has 3 N–H and O–H groups in total. The van der Waals surface area contributed by atoms with Gasteiger partial charge in [-0.1, -0.05) is 261 Å². The third kappa shape index (κ3) is 45.9. The normalized spacial score (nSPS) is 13.8. The molecule has 0 fully saturated rings. The number of amides is 1. The SMILES string of the molecule is CC/C=C\C/C=C\C/C=C\C/C=C\C/C=C\C/C=C\C(CC(=O)NC(CO)C(O)CCCCCCCCCCCCCCCCCC)OC(=O)CCCCCCCCCCCCCC. The maximum absolute atomic E-state index is 13.2. The van der Waals surface area contributed by atoms with Gasteiger partial charge in [-0.25, -0.2) is 0 Å². The minimum atomic E-state index is -0.821. The van der Waals surface area contributed by atoms with Gasteiger partial charge in [-0.15, -0.1) is 0 Å². The molecule has 0 aliphatic heterocycles. The molecule has 0 aromatic heterocycles. The van der Waals surface area contributed by atoms with Gasteiger partial charge in [0, 0.05) is 6.42 Å². The Balaban J connectivity index is 4.71. The van der Waals surface area contributed by atoms with Gasteiger partial charge in [-0.05, 0) is 57.4 Å². The first-order chi connectivity index (χ1) is 31.5. The van der Waals surface area contributed by atoms with Gasteiger partial charge in [0.2, 0.25) is 5.91 Å². The number of aliphatic hydroxyl groups excluding tert-OH is 2. The van der Waals surface area contributed by atoms with Gasteiger partial charge < -0.3 is 20.3 Å². The van der Waals surface area contributed by atoms with Crippen molar-refractivity contribution in [1.29, 1.82) is 0 Å². The van der Waals surface area contributed by atoms with Gasteiger partial charge in [0.05, 0.1) is 25.2 Å². The molecule has 0 rings (SSSR count). The highest BCUT2D eigenvalue weighted by atomic mass is 16.5. The van der Waals surface area contributed by atoms with Crippen LogP contribution in [0.15, 0.2) is 72.9 Å². The summed E-state index contributed by atoms with van der Waals surface area (Å²) in [5, 5.41) is 23.8. The number of allylic oxidation sites excluding steroid dienone is 11. The highest BCUT2D eigenvalue weighted by molar-refractivity contribution is 5.78. The quantitative estimate of drug-likeness (QED) is 0.0321. The number of nitrogens with one attached hydrogen (secondary N) is 1. The van der Waals surface area contributed by atoms with Crippen molar-refractivity contribution < 1.29 is 24.5 Å². The lowest BCUT2D eigenvalue weighted by Crippen LogP contribution is -2.46. The van der Waals surface area contributed by atoms with Crippen LogP contribution in [0.1, 0.15) is 258 Å². The summed E-state index contributed by atoms with van der Waals surface area (Å²) >= 11 is 0. The Labute approximate surface area is 396 Å². The smallest absolute Gasteiger partial charge is 0.306 e. The molecule has 0 spiro atoms.